The molecule has 1 aromatic heterocycles. The molecule has 0 saturated heterocycles. The van der Waals surface area contributed by atoms with Crippen molar-refractivity contribution in [3.05, 3.63) is 89.8 Å². The molecule has 1 amide bonds. The number of nitrogens with zero attached hydrogens (tertiary/aromatic N) is 1. The quantitative estimate of drug-likeness (QED) is 0.470. The number of amides is 1. The van der Waals surface area contributed by atoms with E-state index in [1.807, 2.05) is 61.5 Å². The highest BCUT2D eigenvalue weighted by atomic mass is 16.2. The van der Waals surface area contributed by atoms with Crippen molar-refractivity contribution in [3.8, 4) is 0 Å². The summed E-state index contributed by atoms with van der Waals surface area (Å²) in [6, 6.07) is 17.5. The van der Waals surface area contributed by atoms with Gasteiger partial charge in [-0.25, -0.2) is 4.99 Å². The van der Waals surface area contributed by atoms with E-state index in [2.05, 4.69) is 21.9 Å². The lowest BCUT2D eigenvalue weighted by molar-refractivity contribution is -0.112. The van der Waals surface area contributed by atoms with Crippen LogP contribution in [0.3, 0.4) is 0 Å². The molecule has 27 heavy (non-hydrogen) atoms. The predicted octanol–water partition coefficient (Wildman–Crippen LogP) is 4.28. The fourth-order valence-corrected chi connectivity index (χ4v) is 2.71. The highest BCUT2D eigenvalue weighted by Crippen LogP contribution is 2.19. The molecular formula is C22H22N4O. The Bertz CT molecular complexity index is 1020. The van der Waals surface area contributed by atoms with Crippen LogP contribution in [0, 0.1) is 6.92 Å². The van der Waals surface area contributed by atoms with Gasteiger partial charge >= 0.3 is 0 Å². The van der Waals surface area contributed by atoms with Crippen LogP contribution < -0.4 is 11.1 Å². The van der Waals surface area contributed by atoms with Crippen molar-refractivity contribution in [1.82, 2.24) is 4.98 Å². The van der Waals surface area contributed by atoms with Crippen LogP contribution in [-0.2, 0) is 4.79 Å². The standard InChI is InChI=1S/C22H22N4O/c1-4-18(16-11-9-14(2)10-12-16)25-21(15(3)23)22(27)26-20-13-17-7-5-6-8-19(17)24-20/h4-13,24H,1,23H2,2-3H3,(H,26,27)/b21-15+,25-18?. The maximum atomic E-state index is 12.8. The third-order valence-electron chi connectivity index (χ3n) is 4.14. The second-order valence-electron chi connectivity index (χ2n) is 6.32. The Morgan fingerprint density at radius 2 is 1.89 bits per heavy atom. The summed E-state index contributed by atoms with van der Waals surface area (Å²) in [5.74, 6) is 0.207. The van der Waals surface area contributed by atoms with Crippen LogP contribution in [0.1, 0.15) is 18.1 Å². The molecule has 0 bridgehead atoms. The molecular weight excluding hydrogens is 336 g/mol. The maximum absolute atomic E-state index is 12.8. The average molecular weight is 358 g/mol. The van der Waals surface area contributed by atoms with Crippen LogP contribution in [-0.4, -0.2) is 16.6 Å². The number of carbonyl (C=O) groups excluding carboxylic acids is 1. The molecule has 3 aromatic rings. The van der Waals surface area contributed by atoms with Gasteiger partial charge in [0.15, 0.2) is 0 Å². The normalized spacial score (nSPS) is 12.6. The van der Waals surface area contributed by atoms with Crippen molar-refractivity contribution in [2.45, 2.75) is 13.8 Å². The minimum atomic E-state index is -0.381. The number of nitrogens with two attached hydrogens (primary N) is 1. The van der Waals surface area contributed by atoms with Crippen LogP contribution in [0.25, 0.3) is 10.9 Å². The molecule has 4 N–H and O–H groups in total. The van der Waals surface area contributed by atoms with E-state index in [1.165, 1.54) is 0 Å². The molecule has 0 saturated carbocycles. The molecule has 5 nitrogen and oxygen atoms in total. The number of allylic oxidation sites excluding steroid dienone is 2. The zero-order valence-corrected chi connectivity index (χ0v) is 15.4. The van der Waals surface area contributed by atoms with E-state index in [0.717, 1.165) is 22.0 Å². The number of H-pyrrole nitrogens is 1. The number of aliphatic imine (C=N–C) groups is 1. The largest absolute Gasteiger partial charge is 0.400 e. The number of benzene rings is 2. The van der Waals surface area contributed by atoms with E-state index in [0.29, 0.717) is 17.2 Å². The first-order valence-electron chi connectivity index (χ1n) is 8.61. The first-order chi connectivity index (χ1) is 13.0. The topological polar surface area (TPSA) is 83.3 Å². The van der Waals surface area contributed by atoms with Crippen LogP contribution in [0.15, 0.2) is 83.6 Å². The van der Waals surface area contributed by atoms with Crippen LogP contribution in [0.2, 0.25) is 0 Å². The van der Waals surface area contributed by atoms with Crippen molar-refractivity contribution in [2.75, 3.05) is 5.32 Å². The summed E-state index contributed by atoms with van der Waals surface area (Å²) in [7, 11) is 0. The van der Waals surface area contributed by atoms with E-state index >= 15 is 0 Å². The third-order valence-corrected chi connectivity index (χ3v) is 4.14. The van der Waals surface area contributed by atoms with Crippen molar-refractivity contribution in [3.63, 3.8) is 0 Å². The zero-order valence-electron chi connectivity index (χ0n) is 15.4. The van der Waals surface area contributed by atoms with Crippen LogP contribution in [0.5, 0.6) is 0 Å². The SMILES string of the molecule is C=CC(=N/C(C(=O)Nc1cc2ccccc2[nH]1)=C(\C)N)c1ccc(C)cc1. The Kier molecular flexibility index (Phi) is 5.22. The van der Waals surface area contributed by atoms with E-state index in [4.69, 9.17) is 5.73 Å². The second kappa shape index (κ2) is 7.74. The lowest BCUT2D eigenvalue weighted by Crippen LogP contribution is -2.18. The molecule has 0 aliphatic rings. The van der Waals surface area contributed by atoms with E-state index in [9.17, 15) is 4.79 Å². The number of carbonyl (C=O) groups is 1. The highest BCUT2D eigenvalue weighted by Gasteiger charge is 2.14. The van der Waals surface area contributed by atoms with Crippen LogP contribution in [0.4, 0.5) is 5.82 Å². The number of nitrogens with one attached hydrogen (secondary N) is 2. The lowest BCUT2D eigenvalue weighted by Gasteiger charge is -2.08. The number of para-hydroxylation sites is 1. The van der Waals surface area contributed by atoms with E-state index < -0.39 is 0 Å². The summed E-state index contributed by atoms with van der Waals surface area (Å²) in [5, 5.41) is 3.84. The van der Waals surface area contributed by atoms with Gasteiger partial charge in [0, 0.05) is 22.2 Å². The molecule has 0 radical (unpaired) electrons. The molecule has 0 aliphatic heterocycles. The number of aromatic nitrogens is 1. The van der Waals surface area contributed by atoms with Gasteiger partial charge in [-0.3, -0.25) is 4.79 Å². The number of rotatable bonds is 5. The Hall–Kier alpha value is -3.60. The van der Waals surface area contributed by atoms with E-state index in [-0.39, 0.29) is 11.6 Å². The molecule has 136 valence electrons. The van der Waals surface area contributed by atoms with Gasteiger partial charge in [0.1, 0.15) is 11.5 Å². The van der Waals surface area contributed by atoms with Crippen molar-refractivity contribution in [2.24, 2.45) is 10.7 Å². The predicted molar refractivity (Wildman–Crippen MR) is 112 cm³/mol. The van der Waals surface area contributed by atoms with Gasteiger partial charge in [0.2, 0.25) is 0 Å². The Morgan fingerprint density at radius 3 is 2.52 bits per heavy atom. The number of anilines is 1. The number of fused-ring (bicyclic) bond motifs is 1. The molecule has 0 spiro atoms. The van der Waals surface area contributed by atoms with Crippen molar-refractivity contribution in [1.29, 1.82) is 0 Å². The second-order valence-corrected chi connectivity index (χ2v) is 6.32. The molecule has 0 fully saturated rings. The summed E-state index contributed by atoms with van der Waals surface area (Å²) in [4.78, 5) is 20.4. The smallest absolute Gasteiger partial charge is 0.277 e. The Labute approximate surface area is 158 Å². The molecule has 2 aromatic carbocycles. The van der Waals surface area contributed by atoms with Gasteiger partial charge in [-0.05, 0) is 32.1 Å². The summed E-state index contributed by atoms with van der Waals surface area (Å²) < 4.78 is 0. The Morgan fingerprint density at radius 1 is 1.19 bits per heavy atom. The maximum Gasteiger partial charge on any atom is 0.277 e. The number of hydrogen-bond acceptors (Lipinski definition) is 3. The van der Waals surface area contributed by atoms with Gasteiger partial charge in [-0.2, -0.15) is 0 Å². The fourth-order valence-electron chi connectivity index (χ4n) is 2.71. The Balaban J connectivity index is 1.90. The van der Waals surface area contributed by atoms with Gasteiger partial charge in [0.05, 0.1) is 5.71 Å². The van der Waals surface area contributed by atoms with Gasteiger partial charge in [-0.1, -0.05) is 54.6 Å². The van der Waals surface area contributed by atoms with Crippen molar-refractivity contribution < 1.29 is 4.79 Å². The minimum absolute atomic E-state index is 0.157. The molecule has 0 unspecified atom stereocenters. The first kappa shape index (κ1) is 18.2. The molecule has 1 heterocycles. The summed E-state index contributed by atoms with van der Waals surface area (Å²) in [6.45, 7) is 7.48. The van der Waals surface area contributed by atoms with Gasteiger partial charge in [0.25, 0.3) is 5.91 Å². The average Bonchev–Trinajstić information content (AvgIpc) is 3.05. The summed E-state index contributed by atoms with van der Waals surface area (Å²) in [5.41, 5.74) is 9.96. The summed E-state index contributed by atoms with van der Waals surface area (Å²) in [6.07, 6.45) is 1.61. The van der Waals surface area contributed by atoms with Crippen molar-refractivity contribution >= 4 is 28.3 Å². The minimum Gasteiger partial charge on any atom is -0.400 e. The molecule has 3 rings (SSSR count). The monoisotopic (exact) mass is 358 g/mol. The number of hydrogen-bond donors (Lipinski definition) is 3. The van der Waals surface area contributed by atoms with E-state index in [1.54, 1.807) is 13.0 Å². The number of aromatic amines is 1. The lowest BCUT2D eigenvalue weighted by atomic mass is 10.1. The van der Waals surface area contributed by atoms with Crippen LogP contribution >= 0.6 is 0 Å². The zero-order chi connectivity index (χ0) is 19.4. The molecule has 5 heteroatoms. The van der Waals surface area contributed by atoms with Gasteiger partial charge in [-0.15, -0.1) is 0 Å². The fraction of sp³-hybridized carbons (Fsp3) is 0.0909. The molecule has 0 atom stereocenters. The van der Waals surface area contributed by atoms with Gasteiger partial charge < -0.3 is 16.0 Å². The third kappa shape index (κ3) is 4.15. The number of aryl methyl sites for hydroxylation is 1. The first-order valence-corrected chi connectivity index (χ1v) is 8.61. The molecule has 0 aliphatic carbocycles. The summed E-state index contributed by atoms with van der Waals surface area (Å²) >= 11 is 0. The highest BCUT2D eigenvalue weighted by molar-refractivity contribution is 6.13.